The SMILES string of the molecule is CCc1cccc(C)c1NS(=O)(=O)c1ccc2c(c1)NC(=O)[C@@H](C)C(=O)N2. The van der Waals surface area contributed by atoms with Crippen molar-refractivity contribution in [2.24, 2.45) is 5.92 Å². The molecule has 0 spiro atoms. The van der Waals surface area contributed by atoms with Crippen molar-refractivity contribution in [1.29, 1.82) is 0 Å². The van der Waals surface area contributed by atoms with Crippen LogP contribution in [0.1, 0.15) is 25.0 Å². The Balaban J connectivity index is 1.99. The molecular formula is C19H21N3O4S. The van der Waals surface area contributed by atoms with E-state index in [4.69, 9.17) is 0 Å². The Morgan fingerprint density at radius 1 is 1.04 bits per heavy atom. The molecule has 0 saturated heterocycles. The van der Waals surface area contributed by atoms with Crippen molar-refractivity contribution in [2.75, 3.05) is 15.4 Å². The zero-order valence-corrected chi connectivity index (χ0v) is 16.1. The van der Waals surface area contributed by atoms with Crippen LogP contribution in [-0.2, 0) is 26.0 Å². The van der Waals surface area contributed by atoms with Crippen LogP contribution in [0.25, 0.3) is 0 Å². The Morgan fingerprint density at radius 3 is 2.37 bits per heavy atom. The van der Waals surface area contributed by atoms with Crippen molar-refractivity contribution in [1.82, 2.24) is 0 Å². The molecule has 1 aliphatic rings. The van der Waals surface area contributed by atoms with E-state index in [0.717, 1.165) is 11.1 Å². The average Bonchev–Trinajstić information content (AvgIpc) is 2.73. The zero-order chi connectivity index (χ0) is 19.8. The molecule has 1 heterocycles. The Morgan fingerprint density at radius 2 is 1.70 bits per heavy atom. The third-order valence-electron chi connectivity index (χ3n) is 4.58. The smallest absolute Gasteiger partial charge is 0.261 e. The molecule has 2 amide bonds. The fraction of sp³-hybridized carbons (Fsp3) is 0.263. The molecule has 0 saturated carbocycles. The number of sulfonamides is 1. The Labute approximate surface area is 158 Å². The molecule has 0 aromatic heterocycles. The molecule has 7 nitrogen and oxygen atoms in total. The summed E-state index contributed by atoms with van der Waals surface area (Å²) in [7, 11) is -3.87. The van der Waals surface area contributed by atoms with E-state index < -0.39 is 27.8 Å². The van der Waals surface area contributed by atoms with Crippen LogP contribution in [0.5, 0.6) is 0 Å². The maximum atomic E-state index is 12.9. The summed E-state index contributed by atoms with van der Waals surface area (Å²) >= 11 is 0. The lowest BCUT2D eigenvalue weighted by molar-refractivity contribution is -0.128. The van der Waals surface area contributed by atoms with E-state index in [2.05, 4.69) is 15.4 Å². The number of carbonyl (C=O) groups is 2. The van der Waals surface area contributed by atoms with Crippen molar-refractivity contribution >= 4 is 38.9 Å². The van der Waals surface area contributed by atoms with Crippen LogP contribution in [0.3, 0.4) is 0 Å². The highest BCUT2D eigenvalue weighted by molar-refractivity contribution is 7.92. The highest BCUT2D eigenvalue weighted by Gasteiger charge is 2.28. The van der Waals surface area contributed by atoms with Gasteiger partial charge in [0.25, 0.3) is 10.0 Å². The van der Waals surface area contributed by atoms with Crippen LogP contribution in [0.4, 0.5) is 17.1 Å². The van der Waals surface area contributed by atoms with Gasteiger partial charge in [-0.1, -0.05) is 25.1 Å². The highest BCUT2D eigenvalue weighted by Crippen LogP contribution is 2.30. The van der Waals surface area contributed by atoms with Gasteiger partial charge in [0, 0.05) is 0 Å². The second-order valence-corrected chi connectivity index (χ2v) is 8.16. The van der Waals surface area contributed by atoms with Gasteiger partial charge in [-0.3, -0.25) is 14.3 Å². The lowest BCUT2D eigenvalue weighted by Gasteiger charge is -2.15. The minimum absolute atomic E-state index is 0.00402. The number of benzene rings is 2. The average molecular weight is 387 g/mol. The third kappa shape index (κ3) is 3.66. The first-order valence-electron chi connectivity index (χ1n) is 8.60. The van der Waals surface area contributed by atoms with Gasteiger partial charge in [-0.2, -0.15) is 0 Å². The van der Waals surface area contributed by atoms with Crippen LogP contribution < -0.4 is 15.4 Å². The standard InChI is InChI=1S/C19H21N3O4S/c1-4-13-7-5-6-11(2)17(13)22-27(25,26)14-8-9-15-16(10-14)21-19(24)12(3)18(23)20-15/h5-10,12,22H,4H2,1-3H3,(H,20,23)(H,21,24)/t12-/m0/s1. The summed E-state index contributed by atoms with van der Waals surface area (Å²) in [6.07, 6.45) is 0.684. The Bertz CT molecular complexity index is 1030. The molecule has 1 aliphatic heterocycles. The number of nitrogens with one attached hydrogen (secondary N) is 3. The predicted molar refractivity (Wildman–Crippen MR) is 104 cm³/mol. The summed E-state index contributed by atoms with van der Waals surface area (Å²) in [5.41, 5.74) is 2.88. The molecule has 2 aromatic rings. The molecule has 0 radical (unpaired) electrons. The molecule has 2 aromatic carbocycles. The largest absolute Gasteiger partial charge is 0.324 e. The first kappa shape index (κ1) is 18.9. The normalized spacial score (nSPS) is 16.8. The lowest BCUT2D eigenvalue weighted by Crippen LogP contribution is -2.28. The number of anilines is 3. The van der Waals surface area contributed by atoms with Crippen LogP contribution in [0.2, 0.25) is 0 Å². The van der Waals surface area contributed by atoms with Gasteiger partial charge in [0.15, 0.2) is 0 Å². The molecule has 0 fully saturated rings. The van der Waals surface area contributed by atoms with Crippen LogP contribution in [0.15, 0.2) is 41.3 Å². The molecule has 1 atom stereocenters. The number of hydrogen-bond acceptors (Lipinski definition) is 4. The van der Waals surface area contributed by atoms with E-state index in [1.807, 2.05) is 32.0 Å². The monoisotopic (exact) mass is 387 g/mol. The summed E-state index contributed by atoms with van der Waals surface area (Å²) in [4.78, 5) is 23.9. The van der Waals surface area contributed by atoms with Crippen molar-refractivity contribution < 1.29 is 18.0 Å². The van der Waals surface area contributed by atoms with Gasteiger partial charge in [0.2, 0.25) is 11.8 Å². The second kappa shape index (κ2) is 7.03. The first-order valence-corrected chi connectivity index (χ1v) is 10.1. The number of aryl methyl sites for hydroxylation is 2. The van der Waals surface area contributed by atoms with Gasteiger partial charge in [-0.15, -0.1) is 0 Å². The van der Waals surface area contributed by atoms with E-state index in [0.29, 0.717) is 17.8 Å². The number of rotatable bonds is 4. The van der Waals surface area contributed by atoms with Crippen LogP contribution in [0, 0.1) is 12.8 Å². The number of para-hydroxylation sites is 1. The number of carbonyl (C=O) groups excluding carboxylic acids is 2. The van der Waals surface area contributed by atoms with E-state index in [-0.39, 0.29) is 10.6 Å². The summed E-state index contributed by atoms with van der Waals surface area (Å²) in [5.74, 6) is -1.79. The van der Waals surface area contributed by atoms with E-state index in [1.165, 1.54) is 25.1 Å². The third-order valence-corrected chi connectivity index (χ3v) is 5.93. The van der Waals surface area contributed by atoms with Crippen molar-refractivity contribution in [2.45, 2.75) is 32.1 Å². The molecule has 0 bridgehead atoms. The van der Waals surface area contributed by atoms with E-state index in [9.17, 15) is 18.0 Å². The summed E-state index contributed by atoms with van der Waals surface area (Å²) in [5, 5.41) is 5.22. The maximum absolute atomic E-state index is 12.9. The van der Waals surface area contributed by atoms with Crippen molar-refractivity contribution in [3.05, 3.63) is 47.5 Å². The molecule has 0 aliphatic carbocycles. The lowest BCUT2D eigenvalue weighted by atomic mass is 10.1. The molecule has 0 unspecified atom stereocenters. The zero-order valence-electron chi connectivity index (χ0n) is 15.3. The number of amides is 2. The predicted octanol–water partition coefficient (Wildman–Crippen LogP) is 2.88. The second-order valence-electron chi connectivity index (χ2n) is 6.48. The van der Waals surface area contributed by atoms with Gasteiger partial charge in [0.05, 0.1) is 22.0 Å². The molecule has 3 N–H and O–H groups in total. The highest BCUT2D eigenvalue weighted by atomic mass is 32.2. The molecule has 27 heavy (non-hydrogen) atoms. The van der Waals surface area contributed by atoms with Crippen LogP contribution in [-0.4, -0.2) is 20.2 Å². The van der Waals surface area contributed by atoms with Gasteiger partial charge in [0.1, 0.15) is 5.92 Å². The van der Waals surface area contributed by atoms with Crippen molar-refractivity contribution in [3.63, 3.8) is 0 Å². The minimum atomic E-state index is -3.87. The van der Waals surface area contributed by atoms with Gasteiger partial charge in [-0.05, 0) is 49.6 Å². The van der Waals surface area contributed by atoms with Gasteiger partial charge in [-0.25, -0.2) is 8.42 Å². The van der Waals surface area contributed by atoms with Gasteiger partial charge < -0.3 is 10.6 Å². The summed E-state index contributed by atoms with van der Waals surface area (Å²) < 4.78 is 28.4. The number of hydrogen-bond donors (Lipinski definition) is 3. The van der Waals surface area contributed by atoms with E-state index >= 15 is 0 Å². The Hall–Kier alpha value is -2.87. The molecular weight excluding hydrogens is 366 g/mol. The fourth-order valence-corrected chi connectivity index (χ4v) is 4.07. The van der Waals surface area contributed by atoms with Crippen molar-refractivity contribution in [3.8, 4) is 0 Å². The van der Waals surface area contributed by atoms with Gasteiger partial charge >= 0.3 is 0 Å². The Kier molecular flexibility index (Phi) is 4.93. The van der Waals surface area contributed by atoms with Crippen LogP contribution >= 0.6 is 0 Å². The summed E-state index contributed by atoms with van der Waals surface area (Å²) in [6.45, 7) is 5.28. The molecule has 8 heteroatoms. The fourth-order valence-electron chi connectivity index (χ4n) is 2.87. The first-order chi connectivity index (χ1) is 12.7. The molecule has 3 rings (SSSR count). The summed E-state index contributed by atoms with van der Waals surface area (Å²) in [6, 6.07) is 9.81. The molecule has 142 valence electrons. The number of fused-ring (bicyclic) bond motifs is 1. The maximum Gasteiger partial charge on any atom is 0.261 e. The quantitative estimate of drug-likeness (QED) is 0.702. The van der Waals surface area contributed by atoms with E-state index in [1.54, 1.807) is 0 Å². The minimum Gasteiger partial charge on any atom is -0.324 e. The topological polar surface area (TPSA) is 104 Å².